The fraction of sp³-hybridized carbons (Fsp3) is 0.538. The molecule has 0 spiro atoms. The second kappa shape index (κ2) is 7.01. The van der Waals surface area contributed by atoms with Crippen LogP contribution >= 0.6 is 0 Å². The van der Waals surface area contributed by atoms with Gasteiger partial charge in [-0.15, -0.1) is 0 Å². The van der Waals surface area contributed by atoms with E-state index in [1.807, 2.05) is 13.8 Å². The van der Waals surface area contributed by atoms with Crippen LogP contribution < -0.4 is 4.74 Å². The lowest BCUT2D eigenvalue weighted by Crippen LogP contribution is -2.25. The molecular formula is C13H19NO3. The normalized spacial score (nSPS) is 12.2. The summed E-state index contributed by atoms with van der Waals surface area (Å²) in [5, 5.41) is 0. The van der Waals surface area contributed by atoms with E-state index in [1.165, 1.54) is 7.11 Å². The van der Waals surface area contributed by atoms with Crippen molar-refractivity contribution in [3.8, 4) is 5.75 Å². The summed E-state index contributed by atoms with van der Waals surface area (Å²) in [5.74, 6) is 0.393. The molecule has 1 rings (SSSR count). The Labute approximate surface area is 102 Å². The van der Waals surface area contributed by atoms with Crippen LogP contribution in [0, 0.1) is 0 Å². The predicted octanol–water partition coefficient (Wildman–Crippen LogP) is 2.48. The average Bonchev–Trinajstić information content (AvgIpc) is 2.37. The van der Waals surface area contributed by atoms with E-state index in [9.17, 15) is 4.79 Å². The van der Waals surface area contributed by atoms with E-state index in [-0.39, 0.29) is 5.78 Å². The number of nitrogens with zero attached hydrogens (tertiary/aromatic N) is 1. The smallest absolute Gasteiger partial charge is 0.213 e. The van der Waals surface area contributed by atoms with E-state index >= 15 is 0 Å². The molecule has 0 amide bonds. The third kappa shape index (κ3) is 3.53. The van der Waals surface area contributed by atoms with Gasteiger partial charge in [-0.05, 0) is 25.5 Å². The van der Waals surface area contributed by atoms with Gasteiger partial charge in [0.2, 0.25) is 5.78 Å². The summed E-state index contributed by atoms with van der Waals surface area (Å²) in [4.78, 5) is 16.3. The second-order valence-corrected chi connectivity index (χ2v) is 3.65. The number of hydrogen-bond acceptors (Lipinski definition) is 4. The van der Waals surface area contributed by atoms with Gasteiger partial charge in [0.05, 0.1) is 7.11 Å². The van der Waals surface area contributed by atoms with Crippen LogP contribution in [-0.2, 0) is 4.74 Å². The van der Waals surface area contributed by atoms with Gasteiger partial charge >= 0.3 is 0 Å². The summed E-state index contributed by atoms with van der Waals surface area (Å²) in [5.41, 5.74) is 0.349. The monoisotopic (exact) mass is 237 g/mol. The van der Waals surface area contributed by atoms with Crippen LogP contribution in [-0.4, -0.2) is 30.6 Å². The number of Topliss-reactive ketones (excluding diaryl/α,β-unsaturated/α-hetero) is 1. The molecule has 4 nitrogen and oxygen atoms in total. The molecule has 1 atom stereocenters. The third-order valence-corrected chi connectivity index (χ3v) is 2.44. The lowest BCUT2D eigenvalue weighted by molar-refractivity contribution is 0.0416. The Kier molecular flexibility index (Phi) is 5.63. The molecule has 94 valence electrons. The number of aromatic nitrogens is 1. The first-order valence-electron chi connectivity index (χ1n) is 5.89. The quantitative estimate of drug-likeness (QED) is 0.683. The van der Waals surface area contributed by atoms with Gasteiger partial charge < -0.3 is 9.47 Å². The van der Waals surface area contributed by atoms with Crippen molar-refractivity contribution >= 4 is 5.78 Å². The summed E-state index contributed by atoms with van der Waals surface area (Å²) in [6.07, 6.45) is 2.76. The number of ketones is 1. The van der Waals surface area contributed by atoms with Crippen LogP contribution in [0.3, 0.4) is 0 Å². The zero-order chi connectivity index (χ0) is 12.7. The number of rotatable bonds is 7. The van der Waals surface area contributed by atoms with E-state index in [2.05, 4.69) is 4.98 Å². The summed E-state index contributed by atoms with van der Waals surface area (Å²) in [6, 6.07) is 3.47. The first kappa shape index (κ1) is 13.6. The molecule has 1 unspecified atom stereocenters. The van der Waals surface area contributed by atoms with Gasteiger partial charge in [0.15, 0.2) is 5.69 Å². The van der Waals surface area contributed by atoms with Crippen molar-refractivity contribution in [3.63, 3.8) is 0 Å². The minimum absolute atomic E-state index is 0.105. The van der Waals surface area contributed by atoms with Crippen molar-refractivity contribution in [2.24, 2.45) is 0 Å². The second-order valence-electron chi connectivity index (χ2n) is 3.65. The van der Waals surface area contributed by atoms with Gasteiger partial charge in [-0.1, -0.05) is 13.3 Å². The Morgan fingerprint density at radius 2 is 2.24 bits per heavy atom. The Hall–Kier alpha value is -1.42. The zero-order valence-corrected chi connectivity index (χ0v) is 10.6. The molecule has 4 heteroatoms. The number of carbonyl (C=O) groups excluding carboxylic acids is 1. The van der Waals surface area contributed by atoms with Gasteiger partial charge in [-0.3, -0.25) is 4.79 Å². The highest BCUT2D eigenvalue weighted by atomic mass is 16.5. The topological polar surface area (TPSA) is 48.4 Å². The van der Waals surface area contributed by atoms with Crippen molar-refractivity contribution in [1.82, 2.24) is 4.98 Å². The standard InChI is InChI=1S/C13H19NO3/c1-4-7-11(17-5-2)13(15)12-10(16-3)8-6-9-14-12/h6,8-9,11H,4-5,7H2,1-3H3. The molecular weight excluding hydrogens is 218 g/mol. The van der Waals surface area contributed by atoms with Crippen LogP contribution in [0.25, 0.3) is 0 Å². The zero-order valence-electron chi connectivity index (χ0n) is 10.6. The molecule has 1 aromatic heterocycles. The SMILES string of the molecule is CCCC(OCC)C(=O)c1ncccc1OC. The Morgan fingerprint density at radius 1 is 1.47 bits per heavy atom. The Morgan fingerprint density at radius 3 is 2.82 bits per heavy atom. The van der Waals surface area contributed by atoms with Gasteiger partial charge in [-0.25, -0.2) is 4.98 Å². The molecule has 0 fully saturated rings. The van der Waals surface area contributed by atoms with Gasteiger partial charge in [-0.2, -0.15) is 0 Å². The molecule has 0 aliphatic rings. The molecule has 0 aliphatic carbocycles. The number of hydrogen-bond donors (Lipinski definition) is 0. The van der Waals surface area contributed by atoms with Gasteiger partial charge in [0.1, 0.15) is 11.9 Å². The van der Waals surface area contributed by atoms with E-state index in [0.29, 0.717) is 24.5 Å². The van der Waals surface area contributed by atoms with Crippen LogP contribution in [0.5, 0.6) is 5.75 Å². The average molecular weight is 237 g/mol. The largest absolute Gasteiger partial charge is 0.494 e. The number of methoxy groups -OCH3 is 1. The summed E-state index contributed by atoms with van der Waals surface area (Å²) in [6.45, 7) is 4.42. The number of pyridine rings is 1. The van der Waals surface area contributed by atoms with Crippen molar-refractivity contribution < 1.29 is 14.3 Å². The number of ether oxygens (including phenoxy) is 2. The molecule has 1 aromatic rings. The van der Waals surface area contributed by atoms with Crippen molar-refractivity contribution in [2.45, 2.75) is 32.8 Å². The summed E-state index contributed by atoms with van der Waals surface area (Å²) in [7, 11) is 1.53. The van der Waals surface area contributed by atoms with E-state index < -0.39 is 6.10 Å². The minimum Gasteiger partial charge on any atom is -0.494 e. The molecule has 1 heterocycles. The van der Waals surface area contributed by atoms with E-state index in [1.54, 1.807) is 18.3 Å². The summed E-state index contributed by atoms with van der Waals surface area (Å²) < 4.78 is 10.6. The van der Waals surface area contributed by atoms with E-state index in [0.717, 1.165) is 6.42 Å². The lowest BCUT2D eigenvalue weighted by atomic mass is 10.1. The van der Waals surface area contributed by atoms with Gasteiger partial charge in [0.25, 0.3) is 0 Å². The van der Waals surface area contributed by atoms with E-state index in [4.69, 9.17) is 9.47 Å². The highest BCUT2D eigenvalue weighted by molar-refractivity contribution is 6.00. The fourth-order valence-electron chi connectivity index (χ4n) is 1.65. The minimum atomic E-state index is -0.422. The fourth-order valence-corrected chi connectivity index (χ4v) is 1.65. The molecule has 0 radical (unpaired) electrons. The molecule has 0 saturated heterocycles. The Balaban J connectivity index is 2.92. The maximum Gasteiger partial charge on any atom is 0.213 e. The first-order valence-corrected chi connectivity index (χ1v) is 5.89. The van der Waals surface area contributed by atoms with Crippen LogP contribution in [0.2, 0.25) is 0 Å². The van der Waals surface area contributed by atoms with Crippen molar-refractivity contribution in [3.05, 3.63) is 24.0 Å². The number of carbonyl (C=O) groups is 1. The maximum atomic E-state index is 12.2. The van der Waals surface area contributed by atoms with Crippen LogP contribution in [0.1, 0.15) is 37.2 Å². The third-order valence-electron chi connectivity index (χ3n) is 2.44. The molecule has 0 N–H and O–H groups in total. The molecule has 0 saturated carbocycles. The van der Waals surface area contributed by atoms with Crippen molar-refractivity contribution in [2.75, 3.05) is 13.7 Å². The highest BCUT2D eigenvalue weighted by Gasteiger charge is 2.23. The molecule has 17 heavy (non-hydrogen) atoms. The van der Waals surface area contributed by atoms with Crippen LogP contribution in [0.15, 0.2) is 18.3 Å². The Bertz CT molecular complexity index is 359. The highest BCUT2D eigenvalue weighted by Crippen LogP contribution is 2.19. The van der Waals surface area contributed by atoms with Crippen molar-refractivity contribution in [1.29, 1.82) is 0 Å². The lowest BCUT2D eigenvalue weighted by Gasteiger charge is -2.15. The maximum absolute atomic E-state index is 12.2. The summed E-state index contributed by atoms with van der Waals surface area (Å²) >= 11 is 0. The first-order chi connectivity index (χ1) is 8.24. The van der Waals surface area contributed by atoms with Gasteiger partial charge in [0, 0.05) is 12.8 Å². The predicted molar refractivity (Wildman–Crippen MR) is 65.4 cm³/mol. The molecule has 0 bridgehead atoms. The van der Waals surface area contributed by atoms with Crippen LogP contribution in [0.4, 0.5) is 0 Å². The molecule has 0 aromatic carbocycles. The molecule has 0 aliphatic heterocycles.